The molecule has 2 fully saturated rings. The first kappa shape index (κ1) is 17.3. The van der Waals surface area contributed by atoms with Gasteiger partial charge in [0.05, 0.1) is 12.0 Å². The highest BCUT2D eigenvalue weighted by Crippen LogP contribution is 2.31. The molecule has 2 N–H and O–H groups in total. The molecule has 2 unspecified atom stereocenters. The molecule has 0 aromatic heterocycles. The second kappa shape index (κ2) is 6.87. The molecule has 4 rings (SSSR count). The monoisotopic (exact) mass is 364 g/mol. The van der Waals surface area contributed by atoms with Crippen molar-refractivity contribution >= 4 is 23.5 Å². The molecule has 2 heterocycles. The minimum atomic E-state index is -0.934. The van der Waals surface area contributed by atoms with Crippen LogP contribution in [0.1, 0.15) is 30.9 Å². The van der Waals surface area contributed by atoms with E-state index < -0.39 is 11.9 Å². The third-order valence-electron chi connectivity index (χ3n) is 5.27. The molecule has 27 heavy (non-hydrogen) atoms. The van der Waals surface area contributed by atoms with Crippen LogP contribution in [0.3, 0.4) is 0 Å². The van der Waals surface area contributed by atoms with Crippen LogP contribution >= 0.6 is 0 Å². The number of rotatable bonds is 4. The van der Waals surface area contributed by atoms with Crippen LogP contribution in [0.15, 0.2) is 48.5 Å². The van der Waals surface area contributed by atoms with Crippen LogP contribution < -0.4 is 10.2 Å². The van der Waals surface area contributed by atoms with Gasteiger partial charge in [-0.05, 0) is 35.2 Å². The van der Waals surface area contributed by atoms with Crippen LogP contribution in [0, 0.1) is 5.92 Å². The fraction of sp³-hybridized carbons (Fsp3) is 0.286. The van der Waals surface area contributed by atoms with Crippen LogP contribution in [0.25, 0.3) is 11.1 Å². The molecule has 138 valence electrons. The summed E-state index contributed by atoms with van der Waals surface area (Å²) in [5, 5.41) is 12.1. The minimum absolute atomic E-state index is 0.0430. The lowest BCUT2D eigenvalue weighted by atomic mass is 9.99. The fourth-order valence-corrected chi connectivity index (χ4v) is 3.75. The third kappa shape index (κ3) is 3.43. The van der Waals surface area contributed by atoms with Crippen molar-refractivity contribution in [1.82, 2.24) is 5.32 Å². The molecule has 0 aliphatic carbocycles. The normalized spacial score (nSPS) is 22.1. The van der Waals surface area contributed by atoms with E-state index in [0.717, 1.165) is 23.1 Å². The predicted molar refractivity (Wildman–Crippen MR) is 100 cm³/mol. The van der Waals surface area contributed by atoms with E-state index in [0.29, 0.717) is 12.1 Å². The largest absolute Gasteiger partial charge is 0.481 e. The van der Waals surface area contributed by atoms with Crippen molar-refractivity contribution in [2.75, 3.05) is 11.4 Å². The van der Waals surface area contributed by atoms with Gasteiger partial charge in [0.15, 0.2) is 0 Å². The number of nitrogens with one attached hydrogen (secondary N) is 1. The van der Waals surface area contributed by atoms with E-state index >= 15 is 0 Å². The van der Waals surface area contributed by atoms with E-state index in [2.05, 4.69) is 5.32 Å². The molecule has 0 radical (unpaired) electrons. The van der Waals surface area contributed by atoms with Gasteiger partial charge in [-0.15, -0.1) is 0 Å². The Kier molecular flexibility index (Phi) is 4.39. The second-order valence-electron chi connectivity index (χ2n) is 7.07. The maximum atomic E-state index is 12.2. The third-order valence-corrected chi connectivity index (χ3v) is 5.27. The van der Waals surface area contributed by atoms with Gasteiger partial charge >= 0.3 is 5.97 Å². The lowest BCUT2D eigenvalue weighted by Gasteiger charge is -2.17. The summed E-state index contributed by atoms with van der Waals surface area (Å²) in [6, 6.07) is 15.7. The van der Waals surface area contributed by atoms with E-state index in [-0.39, 0.29) is 30.8 Å². The second-order valence-corrected chi connectivity index (χ2v) is 7.07. The summed E-state index contributed by atoms with van der Waals surface area (Å²) >= 11 is 0. The summed E-state index contributed by atoms with van der Waals surface area (Å²) in [4.78, 5) is 36.3. The van der Waals surface area contributed by atoms with Gasteiger partial charge in [-0.25, -0.2) is 0 Å². The number of hydrogen-bond donors (Lipinski definition) is 2. The SMILES string of the molecule is O=C1CCC(c2ccc(-c3cccc(N4CC(C(=O)O)CC4=O)c3)cc2)N1. The van der Waals surface area contributed by atoms with Gasteiger partial charge < -0.3 is 15.3 Å². The quantitative estimate of drug-likeness (QED) is 0.873. The van der Waals surface area contributed by atoms with Crippen LogP contribution in [0.4, 0.5) is 5.69 Å². The standard InChI is InChI=1S/C21H20N2O4/c24-19-9-8-18(22-19)14-6-4-13(5-7-14)15-2-1-3-17(10-15)23-12-16(21(26)27)11-20(23)25/h1-7,10,16,18H,8-9,11-12H2,(H,22,24)(H,26,27). The first-order chi connectivity index (χ1) is 13.0. The minimum Gasteiger partial charge on any atom is -0.481 e. The first-order valence-corrected chi connectivity index (χ1v) is 9.04. The Morgan fingerprint density at radius 1 is 1.07 bits per heavy atom. The molecule has 2 atom stereocenters. The maximum Gasteiger partial charge on any atom is 0.308 e. The Morgan fingerprint density at radius 2 is 1.85 bits per heavy atom. The number of anilines is 1. The highest BCUT2D eigenvalue weighted by molar-refractivity contribution is 5.99. The zero-order chi connectivity index (χ0) is 19.0. The summed E-state index contributed by atoms with van der Waals surface area (Å²) in [7, 11) is 0. The zero-order valence-electron chi connectivity index (χ0n) is 14.7. The van der Waals surface area contributed by atoms with Crippen molar-refractivity contribution in [3.05, 3.63) is 54.1 Å². The molecule has 0 bridgehead atoms. The summed E-state index contributed by atoms with van der Waals surface area (Å²) in [6.07, 6.45) is 1.42. The zero-order valence-corrected chi connectivity index (χ0v) is 14.7. The molecule has 6 heteroatoms. The number of hydrogen-bond acceptors (Lipinski definition) is 3. The van der Waals surface area contributed by atoms with Gasteiger partial charge in [0.2, 0.25) is 11.8 Å². The molecule has 2 saturated heterocycles. The molecular weight excluding hydrogens is 344 g/mol. The predicted octanol–water partition coefficient (Wildman–Crippen LogP) is 2.74. The molecule has 2 amide bonds. The van der Waals surface area contributed by atoms with Gasteiger partial charge in [-0.3, -0.25) is 14.4 Å². The van der Waals surface area contributed by atoms with Crippen molar-refractivity contribution in [3.8, 4) is 11.1 Å². The molecule has 2 aliphatic heterocycles. The highest BCUT2D eigenvalue weighted by atomic mass is 16.4. The Balaban J connectivity index is 1.55. The number of carbonyl (C=O) groups excluding carboxylic acids is 2. The van der Waals surface area contributed by atoms with Crippen LogP contribution in [0.5, 0.6) is 0 Å². The maximum absolute atomic E-state index is 12.2. The summed E-state index contributed by atoms with van der Waals surface area (Å²) in [6.45, 7) is 0.206. The number of amides is 2. The van der Waals surface area contributed by atoms with Gasteiger partial charge in [-0.2, -0.15) is 0 Å². The number of carboxylic acids is 1. The number of benzene rings is 2. The van der Waals surface area contributed by atoms with Crippen molar-refractivity contribution in [2.24, 2.45) is 5.92 Å². The van der Waals surface area contributed by atoms with E-state index in [1.165, 1.54) is 0 Å². The molecule has 0 spiro atoms. The number of nitrogens with zero attached hydrogens (tertiary/aromatic N) is 1. The molecule has 0 saturated carbocycles. The number of carboxylic acid groups (broad SMARTS) is 1. The van der Waals surface area contributed by atoms with Crippen LogP contribution in [0.2, 0.25) is 0 Å². The van der Waals surface area contributed by atoms with E-state index in [4.69, 9.17) is 5.11 Å². The molecule has 6 nitrogen and oxygen atoms in total. The van der Waals surface area contributed by atoms with Gasteiger partial charge in [-0.1, -0.05) is 36.4 Å². The van der Waals surface area contributed by atoms with Gasteiger partial charge in [0.25, 0.3) is 0 Å². The van der Waals surface area contributed by atoms with E-state index in [1.54, 1.807) is 4.90 Å². The lowest BCUT2D eigenvalue weighted by molar-refractivity contribution is -0.141. The number of carbonyl (C=O) groups is 3. The highest BCUT2D eigenvalue weighted by Gasteiger charge is 2.35. The van der Waals surface area contributed by atoms with Crippen molar-refractivity contribution in [2.45, 2.75) is 25.3 Å². The molecule has 2 aromatic carbocycles. The van der Waals surface area contributed by atoms with Crippen molar-refractivity contribution < 1.29 is 19.5 Å². The summed E-state index contributed by atoms with van der Waals surface area (Å²) in [5.41, 5.74) is 3.76. The topological polar surface area (TPSA) is 86.7 Å². The van der Waals surface area contributed by atoms with Crippen molar-refractivity contribution in [3.63, 3.8) is 0 Å². The average molecular weight is 364 g/mol. The van der Waals surface area contributed by atoms with Gasteiger partial charge in [0.1, 0.15) is 0 Å². The molecule has 2 aliphatic rings. The molecule has 2 aromatic rings. The Labute approximate surface area is 156 Å². The van der Waals surface area contributed by atoms with Crippen LogP contribution in [-0.4, -0.2) is 29.4 Å². The lowest BCUT2D eigenvalue weighted by Crippen LogP contribution is -2.25. The van der Waals surface area contributed by atoms with E-state index in [1.807, 2.05) is 48.5 Å². The smallest absolute Gasteiger partial charge is 0.308 e. The first-order valence-electron chi connectivity index (χ1n) is 9.04. The van der Waals surface area contributed by atoms with Gasteiger partial charge in [0, 0.05) is 25.1 Å². The van der Waals surface area contributed by atoms with Crippen molar-refractivity contribution in [1.29, 1.82) is 0 Å². The Morgan fingerprint density at radius 3 is 2.48 bits per heavy atom. The molecular formula is C21H20N2O4. The summed E-state index contributed by atoms with van der Waals surface area (Å²) in [5.74, 6) is -1.66. The van der Waals surface area contributed by atoms with Crippen LogP contribution in [-0.2, 0) is 14.4 Å². The Hall–Kier alpha value is -3.15. The number of aliphatic carboxylic acids is 1. The fourth-order valence-electron chi connectivity index (χ4n) is 3.75. The van der Waals surface area contributed by atoms with E-state index in [9.17, 15) is 14.4 Å². The Bertz CT molecular complexity index is 907. The average Bonchev–Trinajstić information content (AvgIpc) is 3.28. The summed E-state index contributed by atoms with van der Waals surface area (Å²) < 4.78 is 0.